The van der Waals surface area contributed by atoms with Gasteiger partial charge in [0.05, 0.1) is 42.0 Å². The minimum absolute atomic E-state index is 0.0323. The number of hydrogen-bond donors (Lipinski definition) is 0. The van der Waals surface area contributed by atoms with Crippen molar-refractivity contribution >= 4 is 52.9 Å². The van der Waals surface area contributed by atoms with Gasteiger partial charge in [0.2, 0.25) is 29.5 Å². The lowest BCUT2D eigenvalue weighted by molar-refractivity contribution is -0.149. The number of ether oxygens (including phenoxy) is 2. The fraction of sp³-hybridized carbons (Fsp3) is 0.755. The molecule has 2 aliphatic heterocycles. The van der Waals surface area contributed by atoms with Gasteiger partial charge < -0.3 is 24.2 Å². The number of imide groups is 1. The number of rotatable bonds is 29. The molecule has 1 aromatic carbocycles. The van der Waals surface area contributed by atoms with Crippen LogP contribution in [0.15, 0.2) is 30.3 Å². The summed E-state index contributed by atoms with van der Waals surface area (Å²) in [6.45, 7) is 18.8. The molecule has 0 saturated carbocycles. The third-order valence-electron chi connectivity index (χ3n) is 15.1. The molecule has 1 aromatic rings. The van der Waals surface area contributed by atoms with Gasteiger partial charge in [0.25, 0.3) is 0 Å². The Hall–Kier alpha value is -3.62. The Balaban J connectivity index is 1.69. The summed E-state index contributed by atoms with van der Waals surface area (Å²) in [6.07, 6.45) is 5.61. The quantitative estimate of drug-likeness (QED) is 0.0570. The smallest absolute Gasteiger partial charge is 0.242 e. The van der Waals surface area contributed by atoms with Crippen molar-refractivity contribution < 1.29 is 43.0 Å². The molecule has 0 aromatic heterocycles. The molecule has 14 heteroatoms. The van der Waals surface area contributed by atoms with Crippen LogP contribution in [-0.2, 0) is 43.0 Å². The van der Waals surface area contributed by atoms with Crippen LogP contribution >= 0.6 is 11.8 Å². The number of nitrogens with zero attached hydrogens (tertiary/aromatic N) is 4. The van der Waals surface area contributed by atoms with Crippen LogP contribution in [-0.4, -0.2) is 144 Å². The maximum atomic E-state index is 14.7. The number of carbonyl (C=O) groups is 7. The van der Waals surface area contributed by atoms with Crippen LogP contribution in [0.5, 0.6) is 0 Å². The molecule has 378 valence electrons. The highest BCUT2D eigenvalue weighted by molar-refractivity contribution is 8.00. The van der Waals surface area contributed by atoms with Gasteiger partial charge >= 0.3 is 0 Å². The summed E-state index contributed by atoms with van der Waals surface area (Å²) < 4.78 is 12.2. The number of carbonyl (C=O) groups excluding carboxylic acids is 7. The number of thioether (sulfide) groups is 1. The van der Waals surface area contributed by atoms with Crippen molar-refractivity contribution in [1.82, 2.24) is 19.6 Å². The molecule has 13 nitrogen and oxygen atoms in total. The van der Waals surface area contributed by atoms with Crippen molar-refractivity contribution in [3.63, 3.8) is 0 Å². The SMILES string of the molecule is CC[C@H](C)[C@@H]([C@@H](CC(=O)N1CCC[C@H]1[C@H](OC)[C@@H](C)C(=O)C[C@H](C)[C@@H](C)c1ccccc1)OC)N(C)C(=O)[C@@H](CC(=O)[C@H](C(C)C)N(C)C(=O)CCCCCN1C(=O)CC(SC)C1=O)C(C)C. The first-order valence-corrected chi connectivity index (χ1v) is 26.3. The predicted molar refractivity (Wildman–Crippen MR) is 266 cm³/mol. The standard InChI is InChI=1S/C53H86N4O9S/c1-15-35(6)50(44(65-12)31-47(61)56-28-22-25-41(56)51(66-13)38(9)42(58)29-36(7)37(8)39-23-18-16-19-24-39)55(11)52(63)40(33(2)3)30-43(59)49(34(4)5)54(10)46(60)26-20-17-21-27-57-48(62)32-45(67-14)53(57)64/h16,18-19,23-24,33-38,40-41,44-45,49-51H,15,17,20-22,25-32H2,1-14H3/t35-,36-,37+,38-,40-,41-,44+,45?,49-,50-,51+/m0/s1. The molecule has 1 unspecified atom stereocenters. The molecular weight excluding hydrogens is 869 g/mol. The molecule has 0 N–H and O–H groups in total. The Morgan fingerprint density at radius 2 is 1.46 bits per heavy atom. The molecule has 5 amide bonds. The number of hydrogen-bond acceptors (Lipinski definition) is 10. The monoisotopic (exact) mass is 955 g/mol. The molecule has 2 saturated heterocycles. The average molecular weight is 955 g/mol. The summed E-state index contributed by atoms with van der Waals surface area (Å²) >= 11 is 1.39. The van der Waals surface area contributed by atoms with Gasteiger partial charge in [-0.05, 0) is 67.1 Å². The molecule has 67 heavy (non-hydrogen) atoms. The third kappa shape index (κ3) is 15.2. The molecule has 0 radical (unpaired) electrons. The molecule has 0 spiro atoms. The van der Waals surface area contributed by atoms with Gasteiger partial charge in [-0.2, -0.15) is 11.8 Å². The summed E-state index contributed by atoms with van der Waals surface area (Å²) in [5, 5.41) is -0.314. The van der Waals surface area contributed by atoms with Crippen molar-refractivity contribution in [3.8, 4) is 0 Å². The van der Waals surface area contributed by atoms with Gasteiger partial charge in [0, 0.05) is 78.9 Å². The van der Waals surface area contributed by atoms with Crippen molar-refractivity contribution in [3.05, 3.63) is 35.9 Å². The van der Waals surface area contributed by atoms with Crippen molar-refractivity contribution in [2.24, 2.45) is 35.5 Å². The molecule has 2 aliphatic rings. The number of likely N-dealkylation sites (tertiary alicyclic amines) is 2. The molecule has 11 atom stereocenters. The predicted octanol–water partition coefficient (Wildman–Crippen LogP) is 8.07. The number of benzene rings is 1. The van der Waals surface area contributed by atoms with Crippen LogP contribution in [0.2, 0.25) is 0 Å². The maximum Gasteiger partial charge on any atom is 0.242 e. The minimum atomic E-state index is -0.728. The van der Waals surface area contributed by atoms with Gasteiger partial charge in [-0.1, -0.05) is 105 Å². The maximum absolute atomic E-state index is 14.7. The summed E-state index contributed by atoms with van der Waals surface area (Å²) in [4.78, 5) is 102. The highest BCUT2D eigenvalue weighted by Gasteiger charge is 2.44. The van der Waals surface area contributed by atoms with E-state index in [1.165, 1.54) is 27.1 Å². The van der Waals surface area contributed by atoms with Crippen LogP contribution in [0.4, 0.5) is 0 Å². The minimum Gasteiger partial charge on any atom is -0.379 e. The molecule has 2 heterocycles. The van der Waals surface area contributed by atoms with E-state index in [0.717, 1.165) is 19.3 Å². The molecule has 3 rings (SSSR count). The first-order valence-electron chi connectivity index (χ1n) is 25.0. The molecule has 2 fully saturated rings. The van der Waals surface area contributed by atoms with Crippen molar-refractivity contribution in [2.45, 2.75) is 174 Å². The van der Waals surface area contributed by atoms with E-state index in [1.807, 2.05) is 70.9 Å². The van der Waals surface area contributed by atoms with E-state index >= 15 is 0 Å². The van der Waals surface area contributed by atoms with Crippen LogP contribution in [0, 0.1) is 35.5 Å². The fourth-order valence-electron chi connectivity index (χ4n) is 10.5. The van der Waals surface area contributed by atoms with Gasteiger partial charge in [-0.25, -0.2) is 0 Å². The normalized spacial score (nSPS) is 20.6. The van der Waals surface area contributed by atoms with E-state index in [1.54, 1.807) is 33.2 Å². The topological polar surface area (TPSA) is 151 Å². The Labute approximate surface area is 407 Å². The van der Waals surface area contributed by atoms with E-state index in [2.05, 4.69) is 32.9 Å². The fourth-order valence-corrected chi connectivity index (χ4v) is 11.1. The highest BCUT2D eigenvalue weighted by atomic mass is 32.2. The highest BCUT2D eigenvalue weighted by Crippen LogP contribution is 2.34. The second-order valence-corrected chi connectivity index (χ2v) is 21.3. The zero-order valence-corrected chi connectivity index (χ0v) is 44.3. The van der Waals surface area contributed by atoms with Gasteiger partial charge in [0.1, 0.15) is 5.78 Å². The van der Waals surface area contributed by atoms with Crippen LogP contribution < -0.4 is 0 Å². The lowest BCUT2D eigenvalue weighted by atomic mass is 9.81. The first kappa shape index (κ1) is 57.7. The number of amides is 5. The van der Waals surface area contributed by atoms with E-state index < -0.39 is 36.1 Å². The number of ketones is 2. The summed E-state index contributed by atoms with van der Waals surface area (Å²) in [5.74, 6) is -2.04. The number of unbranched alkanes of at least 4 members (excludes halogenated alkanes) is 2. The van der Waals surface area contributed by atoms with Crippen LogP contribution in [0.25, 0.3) is 0 Å². The zero-order chi connectivity index (χ0) is 50.3. The van der Waals surface area contributed by atoms with Gasteiger partial charge in [0.15, 0.2) is 5.78 Å². The summed E-state index contributed by atoms with van der Waals surface area (Å²) in [5.41, 5.74) is 1.20. The Morgan fingerprint density at radius 3 is 2.01 bits per heavy atom. The van der Waals surface area contributed by atoms with Crippen molar-refractivity contribution in [2.75, 3.05) is 47.7 Å². The van der Waals surface area contributed by atoms with E-state index in [-0.39, 0.29) is 108 Å². The molecule has 0 bridgehead atoms. The lowest BCUT2D eigenvalue weighted by Gasteiger charge is -2.41. The first-order chi connectivity index (χ1) is 31.7. The Bertz CT molecular complexity index is 1790. The molecule has 0 aliphatic carbocycles. The zero-order valence-electron chi connectivity index (χ0n) is 43.5. The average Bonchev–Trinajstić information content (AvgIpc) is 3.90. The van der Waals surface area contributed by atoms with Crippen LogP contribution in [0.1, 0.15) is 144 Å². The van der Waals surface area contributed by atoms with E-state index in [4.69, 9.17) is 9.47 Å². The number of Topliss-reactive ketones (excluding diaryl/α,β-unsaturated/α-hetero) is 2. The van der Waals surface area contributed by atoms with Crippen molar-refractivity contribution in [1.29, 1.82) is 0 Å². The third-order valence-corrected chi connectivity index (χ3v) is 16.1. The number of likely N-dealkylation sites (N-methyl/N-ethyl adjacent to an activating group) is 2. The van der Waals surface area contributed by atoms with Gasteiger partial charge in [-0.3, -0.25) is 38.5 Å². The second-order valence-electron chi connectivity index (χ2n) is 20.3. The largest absolute Gasteiger partial charge is 0.379 e. The summed E-state index contributed by atoms with van der Waals surface area (Å²) in [6, 6.07) is 8.74. The second kappa shape index (κ2) is 27.5. The Morgan fingerprint density at radius 1 is 0.806 bits per heavy atom. The van der Waals surface area contributed by atoms with Crippen LogP contribution in [0.3, 0.4) is 0 Å². The lowest BCUT2D eigenvalue weighted by Crippen LogP contribution is -2.54. The summed E-state index contributed by atoms with van der Waals surface area (Å²) in [7, 11) is 6.59. The van der Waals surface area contributed by atoms with Gasteiger partial charge in [-0.15, -0.1) is 0 Å². The molecular formula is C53H86N4O9S. The Kier molecular flexibility index (Phi) is 23.7. The van der Waals surface area contributed by atoms with E-state index in [0.29, 0.717) is 38.8 Å². The number of methoxy groups -OCH3 is 2. The van der Waals surface area contributed by atoms with E-state index in [9.17, 15) is 33.6 Å².